The summed E-state index contributed by atoms with van der Waals surface area (Å²) in [6, 6.07) is 11.5. The largest absolute Gasteiger partial charge is 0.486 e. The average molecular weight is 446 g/mol. The van der Waals surface area contributed by atoms with Crippen molar-refractivity contribution in [1.29, 1.82) is 5.26 Å². The van der Waals surface area contributed by atoms with Crippen LogP contribution in [-0.4, -0.2) is 26.1 Å². The van der Waals surface area contributed by atoms with Gasteiger partial charge < -0.3 is 18.9 Å². The van der Waals surface area contributed by atoms with Crippen LogP contribution in [-0.2, 0) is 20.8 Å². The number of benzene rings is 2. The van der Waals surface area contributed by atoms with Crippen LogP contribution < -0.4 is 4.74 Å². The number of halogens is 2. The highest BCUT2D eigenvalue weighted by atomic mass is 19.2. The molecule has 32 heavy (non-hydrogen) atoms. The zero-order chi connectivity index (χ0) is 22.8. The van der Waals surface area contributed by atoms with Gasteiger partial charge in [0.1, 0.15) is 18.8 Å². The first-order valence-electron chi connectivity index (χ1n) is 11.1. The van der Waals surface area contributed by atoms with E-state index < -0.39 is 11.6 Å². The maximum atomic E-state index is 13.9. The van der Waals surface area contributed by atoms with Crippen molar-refractivity contribution in [2.24, 2.45) is 0 Å². The fourth-order valence-corrected chi connectivity index (χ4v) is 3.41. The predicted molar refractivity (Wildman–Crippen MR) is 115 cm³/mol. The minimum atomic E-state index is -1.20. The molecule has 0 bridgehead atoms. The minimum Gasteiger partial charge on any atom is -0.486 e. The van der Waals surface area contributed by atoms with Gasteiger partial charge in [-0.25, -0.2) is 4.39 Å². The van der Waals surface area contributed by atoms with Crippen molar-refractivity contribution in [2.45, 2.75) is 58.0 Å². The second-order valence-corrected chi connectivity index (χ2v) is 7.75. The van der Waals surface area contributed by atoms with Crippen molar-refractivity contribution >= 4 is 0 Å². The third-order valence-electron chi connectivity index (χ3n) is 5.33. The van der Waals surface area contributed by atoms with Gasteiger partial charge in [0, 0.05) is 6.61 Å². The number of rotatable bonds is 11. The summed E-state index contributed by atoms with van der Waals surface area (Å²) in [5.74, 6) is -2.59. The SMILES string of the molecule is CCCCCCCOC1COC(c2ccc(COc3ccc(C#N)c(F)c3F)cc2)CO1. The summed E-state index contributed by atoms with van der Waals surface area (Å²) in [5.41, 5.74) is 1.40. The second-order valence-electron chi connectivity index (χ2n) is 7.75. The monoisotopic (exact) mass is 445 g/mol. The molecule has 3 rings (SSSR count). The van der Waals surface area contributed by atoms with E-state index in [1.165, 1.54) is 37.8 Å². The van der Waals surface area contributed by atoms with Gasteiger partial charge in [-0.15, -0.1) is 0 Å². The zero-order valence-electron chi connectivity index (χ0n) is 18.3. The first-order chi connectivity index (χ1) is 15.6. The van der Waals surface area contributed by atoms with Crippen LogP contribution in [0.2, 0.25) is 0 Å². The van der Waals surface area contributed by atoms with Crippen LogP contribution in [0, 0.1) is 23.0 Å². The van der Waals surface area contributed by atoms with Crippen LogP contribution in [0.15, 0.2) is 36.4 Å². The van der Waals surface area contributed by atoms with Crippen LogP contribution >= 0.6 is 0 Å². The van der Waals surface area contributed by atoms with Gasteiger partial charge in [0.2, 0.25) is 5.82 Å². The molecule has 1 aliphatic rings. The van der Waals surface area contributed by atoms with Gasteiger partial charge in [0.25, 0.3) is 0 Å². The van der Waals surface area contributed by atoms with E-state index in [2.05, 4.69) is 6.92 Å². The Labute approximate surface area is 187 Å². The molecule has 7 heteroatoms. The summed E-state index contributed by atoms with van der Waals surface area (Å²) in [5, 5.41) is 8.74. The maximum absolute atomic E-state index is 13.9. The van der Waals surface area contributed by atoms with Gasteiger partial charge in [-0.2, -0.15) is 9.65 Å². The fourth-order valence-electron chi connectivity index (χ4n) is 3.41. The van der Waals surface area contributed by atoms with E-state index in [4.69, 9.17) is 24.2 Å². The van der Waals surface area contributed by atoms with Crippen LogP contribution in [0.4, 0.5) is 8.78 Å². The minimum absolute atomic E-state index is 0.0682. The predicted octanol–water partition coefficient (Wildman–Crippen LogP) is 5.82. The molecule has 0 N–H and O–H groups in total. The quantitative estimate of drug-likeness (QED) is 0.408. The molecule has 1 aliphatic heterocycles. The molecule has 0 aromatic heterocycles. The summed E-state index contributed by atoms with van der Waals surface area (Å²) in [7, 11) is 0. The summed E-state index contributed by atoms with van der Waals surface area (Å²) in [4.78, 5) is 0. The molecule has 0 amide bonds. The van der Waals surface area contributed by atoms with Crippen molar-refractivity contribution in [3.8, 4) is 11.8 Å². The number of hydrogen-bond donors (Lipinski definition) is 0. The molecule has 1 heterocycles. The lowest BCUT2D eigenvalue weighted by Gasteiger charge is -2.29. The molecule has 2 unspecified atom stereocenters. The molecule has 0 aliphatic carbocycles. The van der Waals surface area contributed by atoms with E-state index in [0.717, 1.165) is 17.5 Å². The molecule has 0 spiro atoms. The first-order valence-corrected chi connectivity index (χ1v) is 11.1. The lowest BCUT2D eigenvalue weighted by Crippen LogP contribution is -2.33. The molecule has 172 valence electrons. The van der Waals surface area contributed by atoms with Gasteiger partial charge in [-0.05, 0) is 29.7 Å². The number of unbranched alkanes of at least 4 members (excludes halogenated alkanes) is 4. The zero-order valence-corrected chi connectivity index (χ0v) is 18.3. The highest BCUT2D eigenvalue weighted by Gasteiger charge is 2.24. The highest BCUT2D eigenvalue weighted by molar-refractivity contribution is 5.38. The summed E-state index contributed by atoms with van der Waals surface area (Å²) < 4.78 is 50.4. The molecular weight excluding hydrogens is 416 g/mol. The topological polar surface area (TPSA) is 60.7 Å². The van der Waals surface area contributed by atoms with Gasteiger partial charge >= 0.3 is 0 Å². The van der Waals surface area contributed by atoms with Crippen molar-refractivity contribution in [3.63, 3.8) is 0 Å². The van der Waals surface area contributed by atoms with E-state index >= 15 is 0 Å². The highest BCUT2D eigenvalue weighted by Crippen LogP contribution is 2.26. The van der Waals surface area contributed by atoms with Gasteiger partial charge in [-0.3, -0.25) is 0 Å². The first kappa shape index (κ1) is 24.1. The van der Waals surface area contributed by atoms with E-state index in [9.17, 15) is 8.78 Å². The number of nitriles is 1. The van der Waals surface area contributed by atoms with E-state index in [-0.39, 0.29) is 30.3 Å². The Morgan fingerprint density at radius 3 is 2.44 bits per heavy atom. The molecule has 2 atom stereocenters. The van der Waals surface area contributed by atoms with Crippen LogP contribution in [0.3, 0.4) is 0 Å². The Balaban J connectivity index is 1.42. The Bertz CT molecular complexity index is 890. The Morgan fingerprint density at radius 2 is 1.75 bits per heavy atom. The van der Waals surface area contributed by atoms with Crippen molar-refractivity contribution in [3.05, 3.63) is 64.7 Å². The smallest absolute Gasteiger partial charge is 0.202 e. The van der Waals surface area contributed by atoms with E-state index in [0.29, 0.717) is 19.8 Å². The number of hydrogen-bond acceptors (Lipinski definition) is 5. The molecule has 0 saturated carbocycles. The average Bonchev–Trinajstić information content (AvgIpc) is 2.83. The Hall–Kier alpha value is -2.53. The standard InChI is InChI=1S/C25H29F2NO4/c1-2-3-4-5-6-13-29-23-17-31-22(16-32-23)19-9-7-18(8-10-19)15-30-21-12-11-20(14-28)24(26)25(21)27/h7-12,22-23H,2-6,13,15-17H2,1H3. The Morgan fingerprint density at radius 1 is 0.969 bits per heavy atom. The third kappa shape index (κ3) is 6.73. The molecule has 5 nitrogen and oxygen atoms in total. The molecule has 1 saturated heterocycles. The van der Waals surface area contributed by atoms with Crippen LogP contribution in [0.1, 0.15) is 61.8 Å². The van der Waals surface area contributed by atoms with Crippen LogP contribution in [0.25, 0.3) is 0 Å². The second kappa shape index (κ2) is 12.5. The molecule has 0 radical (unpaired) electrons. The lowest BCUT2D eigenvalue weighted by atomic mass is 10.1. The van der Waals surface area contributed by atoms with Crippen LogP contribution in [0.5, 0.6) is 5.75 Å². The third-order valence-corrected chi connectivity index (χ3v) is 5.33. The van der Waals surface area contributed by atoms with E-state index in [1.54, 1.807) is 6.07 Å². The maximum Gasteiger partial charge on any atom is 0.202 e. The summed E-state index contributed by atoms with van der Waals surface area (Å²) >= 11 is 0. The summed E-state index contributed by atoms with van der Waals surface area (Å²) in [6.07, 6.45) is 5.43. The summed E-state index contributed by atoms with van der Waals surface area (Å²) in [6.45, 7) is 3.74. The van der Waals surface area contributed by atoms with Crippen molar-refractivity contribution < 1.29 is 27.7 Å². The van der Waals surface area contributed by atoms with Gasteiger partial charge in [-0.1, -0.05) is 56.9 Å². The normalized spacial score (nSPS) is 18.3. The van der Waals surface area contributed by atoms with Crippen molar-refractivity contribution in [1.82, 2.24) is 0 Å². The van der Waals surface area contributed by atoms with E-state index in [1.807, 2.05) is 24.3 Å². The molecule has 1 fully saturated rings. The fraction of sp³-hybridized carbons (Fsp3) is 0.480. The molecular formula is C25H29F2NO4. The number of nitrogens with zero attached hydrogens (tertiary/aromatic N) is 1. The lowest BCUT2D eigenvalue weighted by molar-refractivity contribution is -0.236. The number of ether oxygens (including phenoxy) is 4. The molecule has 2 aromatic rings. The molecule has 2 aromatic carbocycles. The van der Waals surface area contributed by atoms with Crippen molar-refractivity contribution in [2.75, 3.05) is 19.8 Å². The van der Waals surface area contributed by atoms with Gasteiger partial charge in [0.15, 0.2) is 17.9 Å². The van der Waals surface area contributed by atoms with Gasteiger partial charge in [0.05, 0.1) is 18.8 Å². The Kier molecular flexibility index (Phi) is 9.42.